The Balaban J connectivity index is 1.23. The number of nitrogens with zero attached hydrogens (tertiary/aromatic N) is 4. The first-order valence-corrected chi connectivity index (χ1v) is 11.6. The SMILES string of the molecule is CC(C)(C)Cn1ccc2c(Br)c(OCCCCOc3ccc(-c4nn[nH]n4)cc3)ccc21. The summed E-state index contributed by atoms with van der Waals surface area (Å²) in [6.45, 7) is 9.01. The van der Waals surface area contributed by atoms with Crippen molar-refractivity contribution in [2.45, 2.75) is 40.2 Å². The molecule has 7 nitrogen and oxygen atoms in total. The highest BCUT2D eigenvalue weighted by molar-refractivity contribution is 9.10. The van der Waals surface area contributed by atoms with E-state index in [0.717, 1.165) is 40.9 Å². The van der Waals surface area contributed by atoms with E-state index >= 15 is 0 Å². The number of rotatable bonds is 9. The van der Waals surface area contributed by atoms with E-state index in [0.29, 0.717) is 19.0 Å². The minimum Gasteiger partial charge on any atom is -0.494 e. The zero-order chi connectivity index (χ0) is 22.6. The van der Waals surface area contributed by atoms with Crippen molar-refractivity contribution in [3.05, 3.63) is 53.1 Å². The lowest BCUT2D eigenvalue weighted by molar-refractivity contribution is 0.266. The Morgan fingerprint density at radius 2 is 1.72 bits per heavy atom. The van der Waals surface area contributed by atoms with Gasteiger partial charge >= 0.3 is 0 Å². The van der Waals surface area contributed by atoms with Crippen LogP contribution in [0.4, 0.5) is 0 Å². The third-order valence-corrected chi connectivity index (χ3v) is 5.84. The quantitative estimate of drug-likeness (QED) is 0.292. The number of halogens is 1. The first-order chi connectivity index (χ1) is 15.4. The topological polar surface area (TPSA) is 77.9 Å². The lowest BCUT2D eigenvalue weighted by atomic mass is 9.97. The third-order valence-electron chi connectivity index (χ3n) is 5.02. The molecule has 4 aromatic rings. The molecular weight excluding hydrogens is 470 g/mol. The van der Waals surface area contributed by atoms with Crippen molar-refractivity contribution in [1.82, 2.24) is 25.2 Å². The van der Waals surface area contributed by atoms with Crippen LogP contribution in [0, 0.1) is 5.41 Å². The molecule has 0 unspecified atom stereocenters. The number of H-pyrrole nitrogens is 1. The Kier molecular flexibility index (Phi) is 6.79. The minimum absolute atomic E-state index is 0.228. The van der Waals surface area contributed by atoms with Gasteiger partial charge < -0.3 is 14.0 Å². The lowest BCUT2D eigenvalue weighted by Crippen LogP contribution is -2.14. The van der Waals surface area contributed by atoms with E-state index in [2.05, 4.69) is 80.2 Å². The Morgan fingerprint density at radius 1 is 0.969 bits per heavy atom. The zero-order valence-corrected chi connectivity index (χ0v) is 20.2. The second kappa shape index (κ2) is 9.73. The van der Waals surface area contributed by atoms with Crippen molar-refractivity contribution < 1.29 is 9.47 Å². The van der Waals surface area contributed by atoms with E-state index in [9.17, 15) is 0 Å². The van der Waals surface area contributed by atoms with Gasteiger partial charge in [0.15, 0.2) is 0 Å². The smallest absolute Gasteiger partial charge is 0.204 e. The summed E-state index contributed by atoms with van der Waals surface area (Å²) >= 11 is 3.73. The van der Waals surface area contributed by atoms with Gasteiger partial charge in [-0.1, -0.05) is 20.8 Å². The molecular formula is C24H28BrN5O2. The highest BCUT2D eigenvalue weighted by Gasteiger charge is 2.15. The molecule has 0 radical (unpaired) electrons. The second-order valence-corrected chi connectivity index (χ2v) is 9.77. The maximum Gasteiger partial charge on any atom is 0.204 e. The average molecular weight is 498 g/mol. The predicted octanol–water partition coefficient (Wildman–Crippen LogP) is 5.87. The van der Waals surface area contributed by atoms with Gasteiger partial charge in [-0.3, -0.25) is 0 Å². The van der Waals surface area contributed by atoms with Crippen LogP contribution in [0.5, 0.6) is 11.5 Å². The van der Waals surface area contributed by atoms with E-state index in [1.54, 1.807) is 0 Å². The molecule has 0 aliphatic rings. The molecule has 2 aromatic carbocycles. The van der Waals surface area contributed by atoms with Crippen LogP contribution in [0.1, 0.15) is 33.6 Å². The van der Waals surface area contributed by atoms with E-state index in [-0.39, 0.29) is 5.41 Å². The molecule has 8 heteroatoms. The van der Waals surface area contributed by atoms with E-state index in [1.165, 1.54) is 10.9 Å². The van der Waals surface area contributed by atoms with E-state index in [1.807, 2.05) is 30.3 Å². The van der Waals surface area contributed by atoms with Gasteiger partial charge in [0.05, 0.1) is 17.7 Å². The fraction of sp³-hybridized carbons (Fsp3) is 0.375. The minimum atomic E-state index is 0.228. The molecule has 0 aliphatic heterocycles. The first kappa shape index (κ1) is 22.3. The Labute approximate surface area is 196 Å². The molecule has 0 spiro atoms. The Morgan fingerprint density at radius 3 is 2.41 bits per heavy atom. The van der Waals surface area contributed by atoms with Gasteiger partial charge in [-0.15, -0.1) is 10.2 Å². The fourth-order valence-corrected chi connectivity index (χ4v) is 4.12. The lowest BCUT2D eigenvalue weighted by Gasteiger charge is -2.20. The molecule has 4 rings (SSSR count). The van der Waals surface area contributed by atoms with Gasteiger partial charge in [0.2, 0.25) is 5.82 Å². The summed E-state index contributed by atoms with van der Waals surface area (Å²) in [7, 11) is 0. The first-order valence-electron chi connectivity index (χ1n) is 10.8. The molecule has 0 atom stereocenters. The van der Waals surface area contributed by atoms with Crippen molar-refractivity contribution in [3.8, 4) is 22.9 Å². The van der Waals surface area contributed by atoms with E-state index < -0.39 is 0 Å². The number of fused-ring (bicyclic) bond motifs is 1. The zero-order valence-electron chi connectivity index (χ0n) is 18.6. The average Bonchev–Trinajstić information content (AvgIpc) is 3.42. The number of ether oxygens (including phenoxy) is 2. The maximum atomic E-state index is 6.03. The highest BCUT2D eigenvalue weighted by Crippen LogP contribution is 2.35. The van der Waals surface area contributed by atoms with Crippen molar-refractivity contribution in [2.24, 2.45) is 5.41 Å². The van der Waals surface area contributed by atoms with E-state index in [4.69, 9.17) is 9.47 Å². The summed E-state index contributed by atoms with van der Waals surface area (Å²) in [6, 6.07) is 14.0. The number of aromatic amines is 1. The number of hydrogen-bond acceptors (Lipinski definition) is 5. The summed E-state index contributed by atoms with van der Waals surface area (Å²) in [6.07, 6.45) is 3.97. The normalized spacial score (nSPS) is 11.8. The van der Waals surface area contributed by atoms with Crippen molar-refractivity contribution in [1.29, 1.82) is 0 Å². The monoisotopic (exact) mass is 497 g/mol. The van der Waals surface area contributed by atoms with Crippen molar-refractivity contribution in [2.75, 3.05) is 13.2 Å². The van der Waals surface area contributed by atoms with Crippen molar-refractivity contribution in [3.63, 3.8) is 0 Å². The summed E-state index contributed by atoms with van der Waals surface area (Å²) in [5, 5.41) is 15.1. The van der Waals surface area contributed by atoms with Gasteiger partial charge in [0, 0.05) is 29.2 Å². The molecule has 0 saturated carbocycles. The molecule has 168 valence electrons. The number of unbranched alkanes of at least 4 members (excludes halogenated alkanes) is 1. The van der Waals surface area contributed by atoms with Crippen LogP contribution in [0.3, 0.4) is 0 Å². The standard InChI is InChI=1S/C24H28BrN5O2/c1-24(2,3)16-30-13-12-19-20(30)10-11-21(22(19)25)32-15-5-4-14-31-18-8-6-17(7-9-18)23-26-28-29-27-23/h6-13H,4-5,14-16H2,1-3H3,(H,26,27,28,29). The predicted molar refractivity (Wildman–Crippen MR) is 129 cm³/mol. The summed E-state index contributed by atoms with van der Waals surface area (Å²) in [5.41, 5.74) is 2.35. The Hall–Kier alpha value is -2.87. The molecule has 0 saturated heterocycles. The molecule has 2 heterocycles. The molecule has 1 N–H and O–H groups in total. The van der Waals surface area contributed by atoms with Crippen LogP contribution in [0.25, 0.3) is 22.3 Å². The van der Waals surface area contributed by atoms with Gasteiger partial charge in [-0.2, -0.15) is 5.21 Å². The molecule has 0 fully saturated rings. The third kappa shape index (κ3) is 5.48. The molecule has 2 aromatic heterocycles. The molecule has 32 heavy (non-hydrogen) atoms. The largest absolute Gasteiger partial charge is 0.494 e. The summed E-state index contributed by atoms with van der Waals surface area (Å²) in [5.74, 6) is 2.28. The number of hydrogen-bond donors (Lipinski definition) is 1. The fourth-order valence-electron chi connectivity index (χ4n) is 3.54. The van der Waals surface area contributed by atoms with Crippen LogP contribution in [-0.2, 0) is 6.54 Å². The molecule has 0 aliphatic carbocycles. The van der Waals surface area contributed by atoms with Gasteiger partial charge in [0.25, 0.3) is 0 Å². The van der Waals surface area contributed by atoms with Gasteiger partial charge in [-0.05, 0) is 81.9 Å². The molecule has 0 amide bonds. The number of tetrazole rings is 1. The second-order valence-electron chi connectivity index (χ2n) is 8.98. The number of benzene rings is 2. The van der Waals surface area contributed by atoms with Crippen LogP contribution in [0.15, 0.2) is 53.1 Å². The van der Waals surface area contributed by atoms with Crippen LogP contribution in [0.2, 0.25) is 0 Å². The van der Waals surface area contributed by atoms with Crippen LogP contribution >= 0.6 is 15.9 Å². The summed E-state index contributed by atoms with van der Waals surface area (Å²) < 4.78 is 15.2. The summed E-state index contributed by atoms with van der Waals surface area (Å²) in [4.78, 5) is 0. The number of nitrogens with one attached hydrogen (secondary N) is 1. The Bertz CT molecular complexity index is 1150. The van der Waals surface area contributed by atoms with Crippen LogP contribution in [-0.4, -0.2) is 38.4 Å². The number of aromatic nitrogens is 5. The van der Waals surface area contributed by atoms with Crippen LogP contribution < -0.4 is 9.47 Å². The maximum absolute atomic E-state index is 6.03. The highest BCUT2D eigenvalue weighted by atomic mass is 79.9. The van der Waals surface area contributed by atoms with Gasteiger partial charge in [-0.25, -0.2) is 0 Å². The van der Waals surface area contributed by atoms with Gasteiger partial charge in [0.1, 0.15) is 11.5 Å². The van der Waals surface area contributed by atoms with Crippen molar-refractivity contribution >= 4 is 26.8 Å². The molecule has 0 bridgehead atoms.